The third kappa shape index (κ3) is 4.51. The third-order valence-electron chi connectivity index (χ3n) is 3.34. The lowest BCUT2D eigenvalue weighted by Crippen LogP contribution is -2.02. The molecule has 0 radical (unpaired) electrons. The molecule has 2 rings (SSSR count). The van der Waals surface area contributed by atoms with Gasteiger partial charge in [-0.2, -0.15) is 0 Å². The second-order valence-electron chi connectivity index (χ2n) is 5.03. The number of benzene rings is 1. The van der Waals surface area contributed by atoms with Crippen LogP contribution in [-0.4, -0.2) is 29.4 Å². The van der Waals surface area contributed by atoms with Crippen molar-refractivity contribution in [2.45, 2.75) is 38.2 Å². The summed E-state index contributed by atoms with van der Waals surface area (Å²) in [5.41, 5.74) is 0.594. The summed E-state index contributed by atoms with van der Waals surface area (Å²) in [4.78, 5) is 10.4. The molecule has 1 heterocycles. The number of aliphatic hydroxyl groups excluding tert-OH is 1. The van der Waals surface area contributed by atoms with Gasteiger partial charge in [-0.3, -0.25) is 4.79 Å². The zero-order valence-electron chi connectivity index (χ0n) is 11.7. The second kappa shape index (κ2) is 7.52. The van der Waals surface area contributed by atoms with Crippen LogP contribution in [0, 0.1) is 0 Å². The number of aliphatic hydroxyl groups is 1. The fraction of sp³-hybridized carbons (Fsp3) is 0.533. The van der Waals surface area contributed by atoms with Crippen molar-refractivity contribution >= 4 is 17.6 Å². The van der Waals surface area contributed by atoms with Crippen LogP contribution in [0.3, 0.4) is 0 Å². The van der Waals surface area contributed by atoms with Crippen molar-refractivity contribution in [3.8, 4) is 11.5 Å². The number of hydrogen-bond acceptors (Lipinski definition) is 4. The molecule has 116 valence electrons. The molecular weight excluding hydrogens is 296 g/mol. The molecule has 1 aliphatic heterocycles. The summed E-state index contributed by atoms with van der Waals surface area (Å²) < 4.78 is 11.1. The summed E-state index contributed by atoms with van der Waals surface area (Å²) in [7, 11) is 0. The number of halogens is 1. The van der Waals surface area contributed by atoms with Gasteiger partial charge in [-0.15, -0.1) is 0 Å². The van der Waals surface area contributed by atoms with E-state index in [0.717, 1.165) is 6.42 Å². The molecule has 0 fully saturated rings. The van der Waals surface area contributed by atoms with Crippen LogP contribution in [0.5, 0.6) is 11.5 Å². The van der Waals surface area contributed by atoms with E-state index in [9.17, 15) is 9.90 Å². The van der Waals surface area contributed by atoms with Crippen LogP contribution in [0.15, 0.2) is 12.1 Å². The molecule has 1 atom stereocenters. The van der Waals surface area contributed by atoms with Gasteiger partial charge in [0.1, 0.15) is 0 Å². The van der Waals surface area contributed by atoms with Crippen LogP contribution >= 0.6 is 11.6 Å². The number of unbranched alkanes of at least 4 members (excludes halogenated alkanes) is 1. The number of hydrogen-bond donors (Lipinski definition) is 2. The highest BCUT2D eigenvalue weighted by Gasteiger charge is 2.18. The minimum atomic E-state index is -0.821. The molecule has 0 saturated heterocycles. The van der Waals surface area contributed by atoms with E-state index >= 15 is 0 Å². The van der Waals surface area contributed by atoms with Crippen molar-refractivity contribution in [2.24, 2.45) is 0 Å². The summed E-state index contributed by atoms with van der Waals surface area (Å²) in [6.07, 6.45) is 1.81. The molecule has 6 heteroatoms. The predicted octanol–water partition coefficient (Wildman–Crippen LogP) is 3.18. The first-order valence-corrected chi connectivity index (χ1v) is 7.44. The predicted molar refractivity (Wildman–Crippen MR) is 78.1 cm³/mol. The third-order valence-corrected chi connectivity index (χ3v) is 3.67. The standard InChI is InChI=1S/C15H19ClO5/c16-11-9-14-13(20-6-3-7-21-14)8-10(11)12(17)4-1-2-5-15(18)19/h8-9,12,17H,1-7H2,(H,18,19). The Bertz CT molecular complexity index is 503. The normalized spacial score (nSPS) is 15.3. The zero-order chi connectivity index (χ0) is 15.2. The van der Waals surface area contributed by atoms with Crippen molar-refractivity contribution in [2.75, 3.05) is 13.2 Å². The SMILES string of the molecule is O=C(O)CCCCC(O)c1cc2c(cc1Cl)OCCCO2. The molecule has 1 aliphatic rings. The van der Waals surface area contributed by atoms with Crippen LogP contribution in [-0.2, 0) is 4.79 Å². The lowest BCUT2D eigenvalue weighted by atomic mass is 10.0. The summed E-state index contributed by atoms with van der Waals surface area (Å²) in [5.74, 6) is 0.369. The lowest BCUT2D eigenvalue weighted by Gasteiger charge is -2.16. The molecule has 0 bridgehead atoms. The first-order valence-electron chi connectivity index (χ1n) is 7.07. The van der Waals surface area contributed by atoms with Crippen molar-refractivity contribution in [1.29, 1.82) is 0 Å². The van der Waals surface area contributed by atoms with Gasteiger partial charge in [-0.1, -0.05) is 11.6 Å². The van der Waals surface area contributed by atoms with Gasteiger partial charge in [0.25, 0.3) is 0 Å². The summed E-state index contributed by atoms with van der Waals surface area (Å²) >= 11 is 6.18. The van der Waals surface area contributed by atoms with E-state index < -0.39 is 12.1 Å². The van der Waals surface area contributed by atoms with Gasteiger partial charge in [-0.05, 0) is 25.3 Å². The Morgan fingerprint density at radius 3 is 2.57 bits per heavy atom. The van der Waals surface area contributed by atoms with E-state index in [0.29, 0.717) is 54.6 Å². The number of aliphatic carboxylic acids is 1. The Morgan fingerprint density at radius 2 is 1.90 bits per heavy atom. The maximum absolute atomic E-state index is 10.4. The molecule has 0 saturated carbocycles. The van der Waals surface area contributed by atoms with E-state index in [1.54, 1.807) is 12.1 Å². The quantitative estimate of drug-likeness (QED) is 0.789. The molecule has 2 N–H and O–H groups in total. The molecule has 1 unspecified atom stereocenters. The molecule has 0 spiro atoms. The Balaban J connectivity index is 2.01. The number of fused-ring (bicyclic) bond motifs is 1. The van der Waals surface area contributed by atoms with Gasteiger partial charge in [-0.25, -0.2) is 0 Å². The molecule has 5 nitrogen and oxygen atoms in total. The van der Waals surface area contributed by atoms with Crippen LogP contribution < -0.4 is 9.47 Å². The van der Waals surface area contributed by atoms with Crippen LogP contribution in [0.1, 0.15) is 43.8 Å². The van der Waals surface area contributed by atoms with E-state index in [1.807, 2.05) is 0 Å². The second-order valence-corrected chi connectivity index (χ2v) is 5.43. The molecule has 0 aliphatic carbocycles. The van der Waals surface area contributed by atoms with Gasteiger partial charge in [0.15, 0.2) is 11.5 Å². The van der Waals surface area contributed by atoms with Gasteiger partial charge >= 0.3 is 5.97 Å². The van der Waals surface area contributed by atoms with Crippen LogP contribution in [0.2, 0.25) is 5.02 Å². The monoisotopic (exact) mass is 314 g/mol. The van der Waals surface area contributed by atoms with E-state index in [4.69, 9.17) is 26.2 Å². The minimum Gasteiger partial charge on any atom is -0.490 e. The van der Waals surface area contributed by atoms with Crippen molar-refractivity contribution in [3.05, 3.63) is 22.7 Å². The average Bonchev–Trinajstić information content (AvgIpc) is 2.67. The molecule has 0 aromatic heterocycles. The Labute approximate surface area is 128 Å². The Morgan fingerprint density at radius 1 is 1.24 bits per heavy atom. The zero-order valence-corrected chi connectivity index (χ0v) is 12.4. The van der Waals surface area contributed by atoms with Gasteiger partial charge in [0, 0.05) is 24.5 Å². The number of ether oxygens (including phenoxy) is 2. The first-order chi connectivity index (χ1) is 10.1. The average molecular weight is 315 g/mol. The van der Waals surface area contributed by atoms with Gasteiger partial charge in [0.2, 0.25) is 0 Å². The number of carbonyl (C=O) groups is 1. The summed E-state index contributed by atoms with van der Waals surface area (Å²) in [6, 6.07) is 3.38. The minimum absolute atomic E-state index is 0.113. The fourth-order valence-electron chi connectivity index (χ4n) is 2.22. The molecule has 1 aromatic rings. The highest BCUT2D eigenvalue weighted by Crippen LogP contribution is 2.38. The fourth-order valence-corrected chi connectivity index (χ4v) is 2.50. The maximum Gasteiger partial charge on any atom is 0.303 e. The van der Waals surface area contributed by atoms with E-state index in [2.05, 4.69) is 0 Å². The highest BCUT2D eigenvalue weighted by molar-refractivity contribution is 6.31. The summed E-state index contributed by atoms with van der Waals surface area (Å²) in [6.45, 7) is 1.16. The molecule has 1 aromatic carbocycles. The van der Waals surface area contributed by atoms with E-state index in [-0.39, 0.29) is 6.42 Å². The van der Waals surface area contributed by atoms with Crippen molar-refractivity contribution < 1.29 is 24.5 Å². The molecular formula is C15H19ClO5. The van der Waals surface area contributed by atoms with Gasteiger partial charge < -0.3 is 19.7 Å². The largest absolute Gasteiger partial charge is 0.490 e. The topological polar surface area (TPSA) is 76.0 Å². The van der Waals surface area contributed by atoms with Gasteiger partial charge in [0.05, 0.1) is 24.3 Å². The lowest BCUT2D eigenvalue weighted by molar-refractivity contribution is -0.137. The Hall–Kier alpha value is -1.46. The van der Waals surface area contributed by atoms with Crippen LogP contribution in [0.4, 0.5) is 0 Å². The van der Waals surface area contributed by atoms with Crippen LogP contribution in [0.25, 0.3) is 0 Å². The van der Waals surface area contributed by atoms with Crippen molar-refractivity contribution in [3.63, 3.8) is 0 Å². The number of carboxylic acid groups (broad SMARTS) is 1. The number of rotatable bonds is 6. The molecule has 21 heavy (non-hydrogen) atoms. The van der Waals surface area contributed by atoms with E-state index in [1.165, 1.54) is 0 Å². The first kappa shape index (κ1) is 15.9. The molecule has 0 amide bonds. The van der Waals surface area contributed by atoms with Crippen molar-refractivity contribution in [1.82, 2.24) is 0 Å². The summed E-state index contributed by atoms with van der Waals surface area (Å²) in [5, 5.41) is 19.2. The Kier molecular flexibility index (Phi) is 5.70. The highest BCUT2D eigenvalue weighted by atomic mass is 35.5. The smallest absolute Gasteiger partial charge is 0.303 e. The maximum atomic E-state index is 10.4. The number of carboxylic acids is 1.